The van der Waals surface area contributed by atoms with Crippen LogP contribution in [-0.2, 0) is 6.54 Å². The fourth-order valence-corrected chi connectivity index (χ4v) is 2.94. The summed E-state index contributed by atoms with van der Waals surface area (Å²) >= 11 is 1.57. The molecule has 0 saturated heterocycles. The van der Waals surface area contributed by atoms with Crippen molar-refractivity contribution in [3.8, 4) is 11.4 Å². The highest BCUT2D eigenvalue weighted by molar-refractivity contribution is 7.98. The van der Waals surface area contributed by atoms with Crippen LogP contribution in [0.15, 0.2) is 65.8 Å². The smallest absolute Gasteiger partial charge is 0.252 e. The molecule has 0 aliphatic heterocycles. The van der Waals surface area contributed by atoms with E-state index in [0.717, 1.165) is 16.3 Å². The fraction of sp³-hybridized carbons (Fsp3) is 0.167. The summed E-state index contributed by atoms with van der Waals surface area (Å²) in [4.78, 5) is 17.5. The van der Waals surface area contributed by atoms with Gasteiger partial charge in [-0.25, -0.2) is 0 Å². The summed E-state index contributed by atoms with van der Waals surface area (Å²) in [6.45, 7) is 1.13. The first-order chi connectivity index (χ1) is 11.8. The van der Waals surface area contributed by atoms with Gasteiger partial charge in [-0.05, 0) is 36.6 Å². The van der Waals surface area contributed by atoms with Crippen molar-refractivity contribution in [2.45, 2.75) is 11.4 Å². The van der Waals surface area contributed by atoms with Crippen molar-refractivity contribution in [2.75, 3.05) is 12.8 Å². The average Bonchev–Trinajstić information content (AvgIpc) is 3.11. The number of hydrogen-bond donors (Lipinski definition) is 1. The van der Waals surface area contributed by atoms with E-state index in [1.165, 1.54) is 0 Å². The Kier molecular flexibility index (Phi) is 5.28. The topological polar surface area (TPSA) is 59.8 Å². The summed E-state index contributed by atoms with van der Waals surface area (Å²) < 4.78 is 1.81. The summed E-state index contributed by atoms with van der Waals surface area (Å²) in [5.41, 5.74) is 2.38. The first-order valence-electron chi connectivity index (χ1n) is 7.64. The molecule has 24 heavy (non-hydrogen) atoms. The van der Waals surface area contributed by atoms with Gasteiger partial charge in [0.15, 0.2) is 0 Å². The lowest BCUT2D eigenvalue weighted by molar-refractivity contribution is 0.0949. The lowest BCUT2D eigenvalue weighted by Crippen LogP contribution is -2.27. The van der Waals surface area contributed by atoms with E-state index in [2.05, 4.69) is 15.4 Å². The van der Waals surface area contributed by atoms with Crippen LogP contribution in [0.4, 0.5) is 0 Å². The van der Waals surface area contributed by atoms with Gasteiger partial charge >= 0.3 is 0 Å². The van der Waals surface area contributed by atoms with E-state index in [1.54, 1.807) is 18.0 Å². The number of aromatic nitrogens is 3. The number of rotatable bonds is 6. The zero-order chi connectivity index (χ0) is 16.8. The summed E-state index contributed by atoms with van der Waals surface area (Å²) in [7, 11) is 0. The summed E-state index contributed by atoms with van der Waals surface area (Å²) in [6, 6.07) is 15.3. The average molecular weight is 338 g/mol. The van der Waals surface area contributed by atoms with Gasteiger partial charge in [0, 0.05) is 23.8 Å². The molecular formula is C18H18N4OS. The van der Waals surface area contributed by atoms with Crippen molar-refractivity contribution in [3.63, 3.8) is 0 Å². The van der Waals surface area contributed by atoms with E-state index in [9.17, 15) is 4.79 Å². The Balaban J connectivity index is 1.57. The third-order valence-electron chi connectivity index (χ3n) is 3.55. The Bertz CT molecular complexity index is 817. The van der Waals surface area contributed by atoms with Crippen molar-refractivity contribution < 1.29 is 4.79 Å². The summed E-state index contributed by atoms with van der Waals surface area (Å²) in [5.74, 6) is -0.0583. The lowest BCUT2D eigenvalue weighted by atomic mass is 10.2. The standard InChI is InChI=1S/C18H18N4OS/c1-24-17-8-3-2-6-14(17)18(23)20-11-13-22-12-9-16(21-22)15-7-4-5-10-19-15/h2-10,12H,11,13H2,1H3,(H,20,23). The van der Waals surface area contributed by atoms with E-state index in [1.807, 2.05) is 65.7 Å². The molecule has 3 rings (SSSR count). The molecule has 0 unspecified atom stereocenters. The van der Waals surface area contributed by atoms with Crippen LogP contribution in [0.3, 0.4) is 0 Å². The fourth-order valence-electron chi connectivity index (χ4n) is 2.35. The molecule has 0 saturated carbocycles. The third-order valence-corrected chi connectivity index (χ3v) is 4.34. The van der Waals surface area contributed by atoms with Crippen LogP contribution in [0, 0.1) is 0 Å². The Labute approximate surface area is 145 Å². The molecule has 0 radical (unpaired) electrons. The van der Waals surface area contributed by atoms with E-state index in [-0.39, 0.29) is 5.91 Å². The molecule has 1 N–H and O–H groups in total. The molecule has 0 atom stereocenters. The highest BCUT2D eigenvalue weighted by atomic mass is 32.2. The summed E-state index contributed by atoms with van der Waals surface area (Å²) in [5, 5.41) is 7.43. The predicted octanol–water partition coefficient (Wildman–Crippen LogP) is 3.10. The van der Waals surface area contributed by atoms with Crippen molar-refractivity contribution in [2.24, 2.45) is 0 Å². The van der Waals surface area contributed by atoms with Crippen LogP contribution in [0.5, 0.6) is 0 Å². The van der Waals surface area contributed by atoms with E-state index in [4.69, 9.17) is 0 Å². The molecule has 5 nitrogen and oxygen atoms in total. The largest absolute Gasteiger partial charge is 0.350 e. The number of nitrogens with one attached hydrogen (secondary N) is 1. The number of thioether (sulfide) groups is 1. The Morgan fingerprint density at radius 1 is 1.12 bits per heavy atom. The number of hydrogen-bond acceptors (Lipinski definition) is 4. The minimum atomic E-state index is -0.0583. The van der Waals surface area contributed by atoms with Crippen molar-refractivity contribution in [3.05, 3.63) is 66.5 Å². The number of carbonyl (C=O) groups excluding carboxylic acids is 1. The van der Waals surface area contributed by atoms with Gasteiger partial charge in [0.2, 0.25) is 0 Å². The van der Waals surface area contributed by atoms with E-state index >= 15 is 0 Å². The molecular weight excluding hydrogens is 320 g/mol. The molecule has 1 amide bonds. The van der Waals surface area contributed by atoms with Gasteiger partial charge in [-0.15, -0.1) is 11.8 Å². The maximum absolute atomic E-state index is 12.3. The Hall–Kier alpha value is -2.60. The summed E-state index contributed by atoms with van der Waals surface area (Å²) in [6.07, 6.45) is 5.61. The molecule has 3 aromatic rings. The molecule has 2 aromatic heterocycles. The molecule has 0 aliphatic rings. The molecule has 122 valence electrons. The number of nitrogens with zero attached hydrogens (tertiary/aromatic N) is 3. The maximum atomic E-state index is 12.3. The van der Waals surface area contributed by atoms with Gasteiger partial charge in [0.25, 0.3) is 5.91 Å². The lowest BCUT2D eigenvalue weighted by Gasteiger charge is -2.08. The maximum Gasteiger partial charge on any atom is 0.252 e. The first-order valence-corrected chi connectivity index (χ1v) is 8.86. The number of carbonyl (C=O) groups is 1. The Morgan fingerprint density at radius 2 is 1.96 bits per heavy atom. The quantitative estimate of drug-likeness (QED) is 0.702. The highest BCUT2D eigenvalue weighted by Crippen LogP contribution is 2.19. The highest BCUT2D eigenvalue weighted by Gasteiger charge is 2.09. The van der Waals surface area contributed by atoms with Crippen LogP contribution < -0.4 is 5.32 Å². The van der Waals surface area contributed by atoms with Crippen LogP contribution in [0.1, 0.15) is 10.4 Å². The molecule has 0 fully saturated rings. The number of amides is 1. The second-order valence-corrected chi connectivity index (χ2v) is 5.98. The second-order valence-electron chi connectivity index (χ2n) is 5.14. The molecule has 0 aliphatic carbocycles. The van der Waals surface area contributed by atoms with Crippen LogP contribution in [0.2, 0.25) is 0 Å². The zero-order valence-corrected chi connectivity index (χ0v) is 14.2. The van der Waals surface area contributed by atoms with Gasteiger partial charge in [-0.2, -0.15) is 5.10 Å². The van der Waals surface area contributed by atoms with Gasteiger partial charge < -0.3 is 5.32 Å². The van der Waals surface area contributed by atoms with Crippen molar-refractivity contribution >= 4 is 17.7 Å². The van der Waals surface area contributed by atoms with Gasteiger partial charge in [-0.3, -0.25) is 14.5 Å². The SMILES string of the molecule is CSc1ccccc1C(=O)NCCn1ccc(-c2ccccn2)n1. The zero-order valence-electron chi connectivity index (χ0n) is 13.3. The molecule has 1 aromatic carbocycles. The molecule has 0 bridgehead atoms. The molecule has 2 heterocycles. The van der Waals surface area contributed by atoms with Gasteiger partial charge in [0.1, 0.15) is 5.69 Å². The second kappa shape index (κ2) is 7.79. The molecule has 0 spiro atoms. The predicted molar refractivity (Wildman–Crippen MR) is 96.0 cm³/mol. The Morgan fingerprint density at radius 3 is 2.75 bits per heavy atom. The minimum absolute atomic E-state index is 0.0583. The monoisotopic (exact) mass is 338 g/mol. The van der Waals surface area contributed by atoms with E-state index in [0.29, 0.717) is 18.7 Å². The van der Waals surface area contributed by atoms with Gasteiger partial charge in [-0.1, -0.05) is 18.2 Å². The van der Waals surface area contributed by atoms with Crippen molar-refractivity contribution in [1.29, 1.82) is 0 Å². The normalized spacial score (nSPS) is 10.5. The van der Waals surface area contributed by atoms with Crippen molar-refractivity contribution in [1.82, 2.24) is 20.1 Å². The van der Waals surface area contributed by atoms with E-state index < -0.39 is 0 Å². The third kappa shape index (κ3) is 3.83. The van der Waals surface area contributed by atoms with Crippen LogP contribution >= 0.6 is 11.8 Å². The first kappa shape index (κ1) is 16.3. The number of pyridine rings is 1. The minimum Gasteiger partial charge on any atom is -0.350 e. The van der Waals surface area contributed by atoms with Crippen LogP contribution in [0.25, 0.3) is 11.4 Å². The van der Waals surface area contributed by atoms with Gasteiger partial charge in [0.05, 0.1) is 17.8 Å². The molecule has 6 heteroatoms. The number of benzene rings is 1. The van der Waals surface area contributed by atoms with Crippen LogP contribution in [-0.4, -0.2) is 33.5 Å².